The highest BCUT2D eigenvalue weighted by Gasteiger charge is 2.25. The van der Waals surface area contributed by atoms with Gasteiger partial charge in [-0.1, -0.05) is 13.0 Å². The number of likely N-dealkylation sites (tertiary alicyclic amines) is 1. The van der Waals surface area contributed by atoms with Crippen molar-refractivity contribution in [2.45, 2.75) is 39.2 Å². The molecule has 5 heteroatoms. The molecule has 0 aliphatic carbocycles. The largest absolute Gasteiger partial charge is 0.353 e. The Bertz CT molecular complexity index is 537. The summed E-state index contributed by atoms with van der Waals surface area (Å²) in [6.07, 6.45) is 1.89. The SMILES string of the molecule is CCC(=O)NC1CCN(C(=O)c2ccc(C)cc2F)CC1. The zero-order chi connectivity index (χ0) is 15.4. The molecule has 0 radical (unpaired) electrons. The highest BCUT2D eigenvalue weighted by molar-refractivity contribution is 5.94. The maximum Gasteiger partial charge on any atom is 0.256 e. The van der Waals surface area contributed by atoms with Crippen LogP contribution in [0.15, 0.2) is 18.2 Å². The van der Waals surface area contributed by atoms with Crippen molar-refractivity contribution in [1.82, 2.24) is 10.2 Å². The minimum atomic E-state index is -0.471. The Morgan fingerprint density at radius 1 is 1.33 bits per heavy atom. The van der Waals surface area contributed by atoms with Crippen molar-refractivity contribution in [2.75, 3.05) is 13.1 Å². The highest BCUT2D eigenvalue weighted by atomic mass is 19.1. The van der Waals surface area contributed by atoms with Gasteiger partial charge < -0.3 is 10.2 Å². The second-order valence-corrected chi connectivity index (χ2v) is 5.47. The van der Waals surface area contributed by atoms with E-state index < -0.39 is 5.82 Å². The smallest absolute Gasteiger partial charge is 0.256 e. The molecule has 1 aromatic carbocycles. The van der Waals surface area contributed by atoms with Crippen molar-refractivity contribution in [2.24, 2.45) is 0 Å². The molecule has 1 fully saturated rings. The van der Waals surface area contributed by atoms with Crippen LogP contribution in [0.4, 0.5) is 4.39 Å². The summed E-state index contributed by atoms with van der Waals surface area (Å²) in [4.78, 5) is 25.3. The summed E-state index contributed by atoms with van der Waals surface area (Å²) in [5, 5.41) is 2.94. The summed E-state index contributed by atoms with van der Waals surface area (Å²) in [5.74, 6) is -0.710. The van der Waals surface area contributed by atoms with E-state index in [9.17, 15) is 14.0 Å². The molecule has 21 heavy (non-hydrogen) atoms. The lowest BCUT2D eigenvalue weighted by Gasteiger charge is -2.32. The monoisotopic (exact) mass is 292 g/mol. The fourth-order valence-electron chi connectivity index (χ4n) is 2.52. The lowest BCUT2D eigenvalue weighted by atomic mass is 10.0. The number of benzene rings is 1. The molecule has 1 aromatic rings. The van der Waals surface area contributed by atoms with Gasteiger partial charge in [-0.15, -0.1) is 0 Å². The molecular weight excluding hydrogens is 271 g/mol. The highest BCUT2D eigenvalue weighted by Crippen LogP contribution is 2.17. The Labute approximate surface area is 124 Å². The summed E-state index contributed by atoms with van der Waals surface area (Å²) >= 11 is 0. The molecule has 114 valence electrons. The van der Waals surface area contributed by atoms with Gasteiger partial charge in [-0.3, -0.25) is 9.59 Å². The van der Waals surface area contributed by atoms with Gasteiger partial charge in [0.15, 0.2) is 0 Å². The first-order chi connectivity index (χ1) is 10.0. The summed E-state index contributed by atoms with van der Waals surface area (Å²) in [5.41, 5.74) is 0.918. The van der Waals surface area contributed by atoms with Gasteiger partial charge in [-0.05, 0) is 37.5 Å². The number of rotatable bonds is 3. The van der Waals surface area contributed by atoms with Crippen molar-refractivity contribution < 1.29 is 14.0 Å². The molecule has 2 rings (SSSR count). The van der Waals surface area contributed by atoms with Gasteiger partial charge in [0.25, 0.3) is 5.91 Å². The first-order valence-electron chi connectivity index (χ1n) is 7.36. The van der Waals surface area contributed by atoms with Gasteiger partial charge >= 0.3 is 0 Å². The molecule has 0 aromatic heterocycles. The summed E-state index contributed by atoms with van der Waals surface area (Å²) < 4.78 is 13.8. The average molecular weight is 292 g/mol. The second kappa shape index (κ2) is 6.70. The third kappa shape index (κ3) is 3.80. The summed E-state index contributed by atoms with van der Waals surface area (Å²) in [7, 11) is 0. The van der Waals surface area contributed by atoms with E-state index in [2.05, 4.69) is 5.32 Å². The van der Waals surface area contributed by atoms with Crippen molar-refractivity contribution in [3.8, 4) is 0 Å². The van der Waals surface area contributed by atoms with Crippen LogP contribution in [0.25, 0.3) is 0 Å². The number of hydrogen-bond donors (Lipinski definition) is 1. The number of nitrogens with one attached hydrogen (secondary N) is 1. The second-order valence-electron chi connectivity index (χ2n) is 5.47. The number of carbonyl (C=O) groups is 2. The lowest BCUT2D eigenvalue weighted by molar-refractivity contribution is -0.121. The fourth-order valence-corrected chi connectivity index (χ4v) is 2.52. The molecule has 0 atom stereocenters. The molecule has 1 heterocycles. The van der Waals surface area contributed by atoms with Crippen LogP contribution in [-0.4, -0.2) is 35.8 Å². The van der Waals surface area contributed by atoms with Crippen molar-refractivity contribution in [1.29, 1.82) is 0 Å². The van der Waals surface area contributed by atoms with E-state index >= 15 is 0 Å². The number of aryl methyl sites for hydroxylation is 1. The molecule has 0 spiro atoms. The average Bonchev–Trinajstić information content (AvgIpc) is 2.47. The zero-order valence-electron chi connectivity index (χ0n) is 12.5. The molecule has 2 amide bonds. The summed E-state index contributed by atoms with van der Waals surface area (Å²) in [6, 6.07) is 4.77. The van der Waals surface area contributed by atoms with Gasteiger partial charge in [0, 0.05) is 25.6 Å². The number of amides is 2. The standard InChI is InChI=1S/C16H21FN2O2/c1-3-15(20)18-12-6-8-19(9-7-12)16(21)13-5-4-11(2)10-14(13)17/h4-5,10,12H,3,6-9H2,1-2H3,(H,18,20). The molecule has 1 N–H and O–H groups in total. The van der Waals surface area contributed by atoms with Crippen LogP contribution in [0.1, 0.15) is 42.1 Å². The Morgan fingerprint density at radius 3 is 2.57 bits per heavy atom. The van der Waals surface area contributed by atoms with Crippen LogP contribution in [-0.2, 0) is 4.79 Å². The quantitative estimate of drug-likeness (QED) is 0.929. The molecule has 1 aliphatic rings. The van der Waals surface area contributed by atoms with Gasteiger partial charge in [-0.25, -0.2) is 4.39 Å². The Hall–Kier alpha value is -1.91. The van der Waals surface area contributed by atoms with E-state index in [-0.39, 0.29) is 23.4 Å². The van der Waals surface area contributed by atoms with Gasteiger partial charge in [-0.2, -0.15) is 0 Å². The normalized spacial score (nSPS) is 15.9. The molecule has 0 unspecified atom stereocenters. The maximum absolute atomic E-state index is 13.8. The van der Waals surface area contributed by atoms with Crippen LogP contribution in [0.5, 0.6) is 0 Å². The third-order valence-electron chi connectivity index (χ3n) is 3.82. The van der Waals surface area contributed by atoms with Crippen LogP contribution >= 0.6 is 0 Å². The van der Waals surface area contributed by atoms with Crippen molar-refractivity contribution >= 4 is 11.8 Å². The lowest BCUT2D eigenvalue weighted by Crippen LogP contribution is -2.46. The molecule has 4 nitrogen and oxygen atoms in total. The Morgan fingerprint density at radius 2 is 2.00 bits per heavy atom. The summed E-state index contributed by atoms with van der Waals surface area (Å²) in [6.45, 7) is 4.69. The Balaban J connectivity index is 1.95. The fraction of sp³-hybridized carbons (Fsp3) is 0.500. The predicted octanol–water partition coefficient (Wildman–Crippen LogP) is 2.26. The van der Waals surface area contributed by atoms with E-state index in [1.807, 2.05) is 6.92 Å². The van der Waals surface area contributed by atoms with E-state index in [0.29, 0.717) is 32.4 Å². The minimum Gasteiger partial charge on any atom is -0.353 e. The topological polar surface area (TPSA) is 49.4 Å². The van der Waals surface area contributed by atoms with E-state index in [0.717, 1.165) is 5.56 Å². The molecule has 1 saturated heterocycles. The molecule has 1 aliphatic heterocycles. The van der Waals surface area contributed by atoms with E-state index in [1.165, 1.54) is 12.1 Å². The molecule has 0 bridgehead atoms. The first kappa shape index (κ1) is 15.5. The van der Waals surface area contributed by atoms with Gasteiger partial charge in [0.1, 0.15) is 5.82 Å². The predicted molar refractivity (Wildman–Crippen MR) is 78.5 cm³/mol. The van der Waals surface area contributed by atoms with Crippen LogP contribution in [0.2, 0.25) is 0 Å². The zero-order valence-corrected chi connectivity index (χ0v) is 12.5. The third-order valence-corrected chi connectivity index (χ3v) is 3.82. The Kier molecular flexibility index (Phi) is 4.94. The maximum atomic E-state index is 13.8. The number of carbonyl (C=O) groups excluding carboxylic acids is 2. The van der Waals surface area contributed by atoms with E-state index in [1.54, 1.807) is 17.9 Å². The van der Waals surface area contributed by atoms with Crippen LogP contribution in [0, 0.1) is 12.7 Å². The number of halogens is 1. The van der Waals surface area contributed by atoms with Crippen LogP contribution in [0.3, 0.4) is 0 Å². The van der Waals surface area contributed by atoms with Gasteiger partial charge in [0.05, 0.1) is 5.56 Å². The molecule has 0 saturated carbocycles. The van der Waals surface area contributed by atoms with Crippen LogP contribution < -0.4 is 5.32 Å². The number of piperidine rings is 1. The molecular formula is C16H21FN2O2. The van der Waals surface area contributed by atoms with Gasteiger partial charge in [0.2, 0.25) is 5.91 Å². The first-order valence-corrected chi connectivity index (χ1v) is 7.36. The number of hydrogen-bond acceptors (Lipinski definition) is 2. The van der Waals surface area contributed by atoms with Crippen molar-refractivity contribution in [3.63, 3.8) is 0 Å². The van der Waals surface area contributed by atoms with E-state index in [4.69, 9.17) is 0 Å². The number of nitrogens with zero attached hydrogens (tertiary/aromatic N) is 1. The van der Waals surface area contributed by atoms with Crippen molar-refractivity contribution in [3.05, 3.63) is 35.1 Å². The minimum absolute atomic E-state index is 0.0318.